The summed E-state index contributed by atoms with van der Waals surface area (Å²) in [6, 6.07) is 7.19. The molecule has 0 radical (unpaired) electrons. The van der Waals surface area contributed by atoms with Crippen LogP contribution in [0, 0.1) is 34.9 Å². The summed E-state index contributed by atoms with van der Waals surface area (Å²) in [7, 11) is 0. The summed E-state index contributed by atoms with van der Waals surface area (Å²) >= 11 is 0. The van der Waals surface area contributed by atoms with E-state index < -0.39 is 58.1 Å². The quantitative estimate of drug-likeness (QED) is 0.104. The van der Waals surface area contributed by atoms with Gasteiger partial charge in [-0.25, -0.2) is 18.0 Å². The first kappa shape index (κ1) is 30.3. The summed E-state index contributed by atoms with van der Waals surface area (Å²) in [5, 5.41) is 0. The Hall–Kier alpha value is -3.69. The third-order valence-corrected chi connectivity index (χ3v) is 7.29. The fourth-order valence-electron chi connectivity index (χ4n) is 5.07. The molecule has 41 heavy (non-hydrogen) atoms. The van der Waals surface area contributed by atoms with E-state index in [-0.39, 0.29) is 41.8 Å². The van der Waals surface area contributed by atoms with Crippen LogP contribution < -0.4 is 14.2 Å². The Kier molecular flexibility index (Phi) is 9.83. The van der Waals surface area contributed by atoms with Crippen molar-refractivity contribution in [2.24, 2.45) is 0 Å². The van der Waals surface area contributed by atoms with Crippen LogP contribution >= 0.6 is 0 Å². The highest BCUT2D eigenvalue weighted by Gasteiger charge is 2.31. The fourth-order valence-corrected chi connectivity index (χ4v) is 5.07. The number of rotatable bonds is 10. The SMILES string of the molecule is CCCCOc1ccc(OC(=O)c2ccc(C3CCC(c4ccc(OCC)c(F)c4F)CC3)c(F)c2F)c(F)c1F. The Bertz CT molecular complexity index is 1400. The minimum atomic E-state index is -1.49. The average Bonchev–Trinajstić information content (AvgIpc) is 2.97. The summed E-state index contributed by atoms with van der Waals surface area (Å²) in [5.74, 6) is -11.1. The average molecular weight is 581 g/mol. The Labute approximate surface area is 234 Å². The van der Waals surface area contributed by atoms with E-state index in [4.69, 9.17) is 14.2 Å². The molecule has 1 aliphatic rings. The molecule has 0 N–H and O–H groups in total. The van der Waals surface area contributed by atoms with Crippen molar-refractivity contribution in [1.82, 2.24) is 0 Å². The van der Waals surface area contributed by atoms with Crippen molar-refractivity contribution in [3.05, 3.63) is 88.0 Å². The van der Waals surface area contributed by atoms with E-state index in [1.54, 1.807) is 6.92 Å². The Balaban J connectivity index is 1.44. The molecule has 10 heteroatoms. The van der Waals surface area contributed by atoms with Crippen LogP contribution in [-0.4, -0.2) is 19.2 Å². The minimum absolute atomic E-state index is 0.0293. The van der Waals surface area contributed by atoms with Crippen molar-refractivity contribution < 1.29 is 45.3 Å². The summed E-state index contributed by atoms with van der Waals surface area (Å²) in [5.41, 5.74) is -0.546. The number of halogens is 6. The molecule has 0 bridgehead atoms. The predicted molar refractivity (Wildman–Crippen MR) is 140 cm³/mol. The highest BCUT2D eigenvalue weighted by atomic mass is 19.2. The summed E-state index contributed by atoms with van der Waals surface area (Å²) in [4.78, 5) is 12.5. The lowest BCUT2D eigenvalue weighted by Crippen LogP contribution is -2.17. The van der Waals surface area contributed by atoms with Gasteiger partial charge >= 0.3 is 5.97 Å². The van der Waals surface area contributed by atoms with Gasteiger partial charge in [-0.05, 0) is 86.3 Å². The lowest BCUT2D eigenvalue weighted by atomic mass is 9.75. The van der Waals surface area contributed by atoms with Crippen molar-refractivity contribution in [2.45, 2.75) is 64.2 Å². The molecule has 4 nitrogen and oxygen atoms in total. The van der Waals surface area contributed by atoms with Crippen molar-refractivity contribution >= 4 is 5.97 Å². The molecule has 1 saturated carbocycles. The van der Waals surface area contributed by atoms with Gasteiger partial charge in [-0.3, -0.25) is 0 Å². The van der Waals surface area contributed by atoms with Crippen molar-refractivity contribution in [3.63, 3.8) is 0 Å². The number of ether oxygens (including phenoxy) is 3. The number of carbonyl (C=O) groups is 1. The second kappa shape index (κ2) is 13.3. The minimum Gasteiger partial charge on any atom is -0.491 e. The van der Waals surface area contributed by atoms with E-state index in [2.05, 4.69) is 0 Å². The third-order valence-electron chi connectivity index (χ3n) is 7.29. The van der Waals surface area contributed by atoms with Gasteiger partial charge < -0.3 is 14.2 Å². The van der Waals surface area contributed by atoms with Gasteiger partial charge in [0.05, 0.1) is 18.8 Å². The third kappa shape index (κ3) is 6.47. The van der Waals surface area contributed by atoms with Crippen LogP contribution in [0.2, 0.25) is 0 Å². The van der Waals surface area contributed by atoms with E-state index in [1.165, 1.54) is 18.2 Å². The summed E-state index contributed by atoms with van der Waals surface area (Å²) in [6.07, 6.45) is 2.96. The van der Waals surface area contributed by atoms with E-state index in [1.807, 2.05) is 6.92 Å². The maximum absolute atomic E-state index is 15.1. The molecule has 0 aromatic heterocycles. The van der Waals surface area contributed by atoms with Crippen LogP contribution in [0.15, 0.2) is 36.4 Å². The van der Waals surface area contributed by atoms with E-state index in [0.29, 0.717) is 32.1 Å². The number of hydrogen-bond acceptors (Lipinski definition) is 4. The summed E-state index contributed by atoms with van der Waals surface area (Å²) in [6.45, 7) is 3.92. The van der Waals surface area contributed by atoms with Crippen molar-refractivity contribution in [2.75, 3.05) is 13.2 Å². The molecule has 220 valence electrons. The molecule has 0 atom stereocenters. The van der Waals surface area contributed by atoms with Crippen LogP contribution in [0.3, 0.4) is 0 Å². The van der Waals surface area contributed by atoms with Crippen LogP contribution in [0.4, 0.5) is 26.3 Å². The molecule has 3 aromatic carbocycles. The normalized spacial score (nSPS) is 16.9. The molecular weight excluding hydrogens is 550 g/mol. The summed E-state index contributed by atoms with van der Waals surface area (Å²) < 4.78 is 103. The lowest BCUT2D eigenvalue weighted by Gasteiger charge is -2.30. The Morgan fingerprint density at radius 2 is 1.15 bits per heavy atom. The first-order chi connectivity index (χ1) is 19.7. The number of benzene rings is 3. The van der Waals surface area contributed by atoms with Gasteiger partial charge in [0.2, 0.25) is 17.5 Å². The second-order valence-corrected chi connectivity index (χ2v) is 9.87. The number of hydrogen-bond donors (Lipinski definition) is 0. The second-order valence-electron chi connectivity index (χ2n) is 9.87. The Morgan fingerprint density at radius 3 is 1.76 bits per heavy atom. The van der Waals surface area contributed by atoms with Gasteiger partial charge in [0.25, 0.3) is 0 Å². The lowest BCUT2D eigenvalue weighted by molar-refractivity contribution is 0.0720. The van der Waals surface area contributed by atoms with Crippen LogP contribution in [-0.2, 0) is 0 Å². The smallest absolute Gasteiger partial charge is 0.346 e. The molecular formula is C31H30F6O4. The fraction of sp³-hybridized carbons (Fsp3) is 0.387. The number of carbonyl (C=O) groups excluding carboxylic acids is 1. The molecule has 0 spiro atoms. The molecule has 0 amide bonds. The van der Waals surface area contributed by atoms with Crippen LogP contribution in [0.1, 0.15) is 85.7 Å². The molecule has 0 saturated heterocycles. The monoisotopic (exact) mass is 580 g/mol. The van der Waals surface area contributed by atoms with E-state index in [0.717, 1.165) is 24.6 Å². The predicted octanol–water partition coefficient (Wildman–Crippen LogP) is 8.76. The Morgan fingerprint density at radius 1 is 0.659 bits per heavy atom. The maximum Gasteiger partial charge on any atom is 0.346 e. The van der Waals surface area contributed by atoms with Crippen LogP contribution in [0.5, 0.6) is 17.2 Å². The molecule has 4 rings (SSSR count). The maximum atomic E-state index is 15.1. The largest absolute Gasteiger partial charge is 0.491 e. The molecule has 0 aliphatic heterocycles. The topological polar surface area (TPSA) is 44.8 Å². The molecule has 3 aromatic rings. The highest BCUT2D eigenvalue weighted by Crippen LogP contribution is 2.43. The van der Waals surface area contributed by atoms with Crippen LogP contribution in [0.25, 0.3) is 0 Å². The van der Waals surface area contributed by atoms with Crippen molar-refractivity contribution in [3.8, 4) is 17.2 Å². The zero-order valence-electron chi connectivity index (χ0n) is 22.7. The van der Waals surface area contributed by atoms with Gasteiger partial charge in [-0.1, -0.05) is 25.5 Å². The van der Waals surface area contributed by atoms with Gasteiger partial charge in [0.1, 0.15) is 0 Å². The van der Waals surface area contributed by atoms with Gasteiger partial charge in [-0.15, -0.1) is 0 Å². The molecule has 0 heterocycles. The zero-order valence-corrected chi connectivity index (χ0v) is 22.7. The number of esters is 1. The van der Waals surface area contributed by atoms with Gasteiger partial charge in [0, 0.05) is 0 Å². The molecule has 1 fully saturated rings. The zero-order chi connectivity index (χ0) is 29.7. The standard InChI is InChI=1S/C31H30F6O4/c1-3-5-16-40-23-14-15-24(30(37)29(23)36)41-31(38)21-11-10-19(25(32)27(21)34)17-6-8-18(9-7-17)20-12-13-22(39-4-2)28(35)26(20)33/h10-15,17-18H,3-9,16H2,1-2H3. The van der Waals surface area contributed by atoms with Gasteiger partial charge in [-0.2, -0.15) is 13.2 Å². The van der Waals surface area contributed by atoms with Crippen molar-refractivity contribution in [1.29, 1.82) is 0 Å². The first-order valence-electron chi connectivity index (χ1n) is 13.6. The van der Waals surface area contributed by atoms with Gasteiger partial charge in [0.15, 0.2) is 34.7 Å². The van der Waals surface area contributed by atoms with E-state index >= 15 is 4.39 Å². The molecule has 1 aliphatic carbocycles. The highest BCUT2D eigenvalue weighted by molar-refractivity contribution is 5.91. The molecule has 0 unspecified atom stereocenters. The number of unbranched alkanes of at least 4 members (excludes halogenated alkanes) is 1. The first-order valence-corrected chi connectivity index (χ1v) is 13.6. The van der Waals surface area contributed by atoms with E-state index in [9.17, 15) is 26.7 Å².